The molecule has 0 bridgehead atoms. The predicted molar refractivity (Wildman–Crippen MR) is 91.1 cm³/mol. The molecular formula is C17H19NOS2. The molecule has 2 aromatic rings. The second-order valence-corrected chi connectivity index (χ2v) is 7.22. The molecule has 0 spiro atoms. The van der Waals surface area contributed by atoms with Crippen LogP contribution in [-0.4, -0.2) is 23.6 Å². The van der Waals surface area contributed by atoms with Gasteiger partial charge in [0, 0.05) is 22.7 Å². The third-order valence-electron chi connectivity index (χ3n) is 4.05. The first kappa shape index (κ1) is 14.7. The lowest BCUT2D eigenvalue weighted by Gasteiger charge is -2.33. The van der Waals surface area contributed by atoms with Gasteiger partial charge >= 0.3 is 0 Å². The second kappa shape index (κ2) is 6.24. The standard InChI is InChI=1S/C17H19NOS2/c1-12-15-8-10-21-16(15)7-9-18(12)17(19)14-5-3-13(4-6-14)11-20-2/h3-6,8,10,12H,7,9,11H2,1-2H3/t12-/m0/s1. The number of nitrogens with zero attached hydrogens (tertiary/aromatic N) is 1. The molecule has 3 rings (SSSR count). The number of benzene rings is 1. The summed E-state index contributed by atoms with van der Waals surface area (Å²) in [4.78, 5) is 16.2. The lowest BCUT2D eigenvalue weighted by Crippen LogP contribution is -2.38. The van der Waals surface area contributed by atoms with Crippen molar-refractivity contribution in [2.24, 2.45) is 0 Å². The van der Waals surface area contributed by atoms with Gasteiger partial charge in [-0.2, -0.15) is 11.8 Å². The van der Waals surface area contributed by atoms with Gasteiger partial charge in [0.15, 0.2) is 0 Å². The molecule has 0 radical (unpaired) electrons. The Labute approximate surface area is 134 Å². The van der Waals surface area contributed by atoms with E-state index in [0.29, 0.717) is 0 Å². The van der Waals surface area contributed by atoms with Crippen LogP contribution in [0.2, 0.25) is 0 Å². The number of amides is 1. The highest BCUT2D eigenvalue weighted by Gasteiger charge is 2.28. The van der Waals surface area contributed by atoms with Crippen LogP contribution in [0.3, 0.4) is 0 Å². The minimum absolute atomic E-state index is 0.148. The summed E-state index contributed by atoms with van der Waals surface area (Å²) in [6.45, 7) is 2.95. The van der Waals surface area contributed by atoms with Gasteiger partial charge in [-0.25, -0.2) is 0 Å². The maximum Gasteiger partial charge on any atom is 0.254 e. The number of carbonyl (C=O) groups excluding carboxylic acids is 1. The Kier molecular flexibility index (Phi) is 4.36. The highest BCUT2D eigenvalue weighted by atomic mass is 32.2. The van der Waals surface area contributed by atoms with Gasteiger partial charge in [0.1, 0.15) is 0 Å². The van der Waals surface area contributed by atoms with Gasteiger partial charge in [0.25, 0.3) is 5.91 Å². The largest absolute Gasteiger partial charge is 0.331 e. The smallest absolute Gasteiger partial charge is 0.254 e. The Bertz CT molecular complexity index is 632. The van der Waals surface area contributed by atoms with Crippen LogP contribution in [0.25, 0.3) is 0 Å². The summed E-state index contributed by atoms with van der Waals surface area (Å²) in [6.07, 6.45) is 3.07. The summed E-state index contributed by atoms with van der Waals surface area (Å²) in [5.74, 6) is 1.14. The molecule has 0 saturated heterocycles. The molecule has 1 aliphatic rings. The van der Waals surface area contributed by atoms with Crippen molar-refractivity contribution in [3.63, 3.8) is 0 Å². The van der Waals surface area contributed by atoms with Crippen LogP contribution in [0.5, 0.6) is 0 Å². The fourth-order valence-electron chi connectivity index (χ4n) is 2.86. The molecule has 0 N–H and O–H groups in total. The third-order valence-corrected chi connectivity index (χ3v) is 5.67. The van der Waals surface area contributed by atoms with Crippen molar-refractivity contribution >= 4 is 29.0 Å². The van der Waals surface area contributed by atoms with E-state index in [1.54, 1.807) is 23.1 Å². The summed E-state index contributed by atoms with van der Waals surface area (Å²) < 4.78 is 0. The van der Waals surface area contributed by atoms with Gasteiger partial charge in [0.05, 0.1) is 6.04 Å². The Balaban J connectivity index is 1.79. The summed E-state index contributed by atoms with van der Waals surface area (Å²) in [7, 11) is 0. The Hall–Kier alpha value is -1.26. The fraction of sp³-hybridized carbons (Fsp3) is 0.353. The van der Waals surface area contributed by atoms with Gasteiger partial charge in [-0.05, 0) is 54.3 Å². The monoisotopic (exact) mass is 317 g/mol. The van der Waals surface area contributed by atoms with E-state index in [1.165, 1.54) is 16.0 Å². The topological polar surface area (TPSA) is 20.3 Å². The average molecular weight is 317 g/mol. The number of thioether (sulfide) groups is 1. The van der Waals surface area contributed by atoms with Crippen molar-refractivity contribution in [3.8, 4) is 0 Å². The van der Waals surface area contributed by atoms with Crippen molar-refractivity contribution in [1.29, 1.82) is 0 Å². The zero-order chi connectivity index (χ0) is 14.8. The molecule has 110 valence electrons. The predicted octanol–water partition coefficient (Wildman–Crippen LogP) is 4.37. The lowest BCUT2D eigenvalue weighted by atomic mass is 10.00. The average Bonchev–Trinajstić information content (AvgIpc) is 2.98. The van der Waals surface area contributed by atoms with E-state index in [4.69, 9.17) is 0 Å². The van der Waals surface area contributed by atoms with Crippen LogP contribution in [0.1, 0.15) is 39.3 Å². The number of carbonyl (C=O) groups is 1. The van der Waals surface area contributed by atoms with E-state index < -0.39 is 0 Å². The maximum absolute atomic E-state index is 12.7. The molecule has 1 aromatic carbocycles. The summed E-state index contributed by atoms with van der Waals surface area (Å²) in [5, 5.41) is 2.13. The van der Waals surface area contributed by atoms with Crippen LogP contribution >= 0.6 is 23.1 Å². The molecule has 2 nitrogen and oxygen atoms in total. The number of hydrogen-bond donors (Lipinski definition) is 0. The zero-order valence-electron chi connectivity index (χ0n) is 12.3. The van der Waals surface area contributed by atoms with E-state index in [2.05, 4.69) is 36.8 Å². The highest BCUT2D eigenvalue weighted by molar-refractivity contribution is 7.97. The second-order valence-electron chi connectivity index (χ2n) is 5.35. The fourth-order valence-corrected chi connectivity index (χ4v) is 4.35. The number of thiophene rings is 1. The van der Waals surface area contributed by atoms with Crippen molar-refractivity contribution < 1.29 is 4.79 Å². The Morgan fingerprint density at radius 3 is 2.81 bits per heavy atom. The number of hydrogen-bond acceptors (Lipinski definition) is 3. The minimum Gasteiger partial charge on any atom is -0.331 e. The summed E-state index contributed by atoms with van der Waals surface area (Å²) in [6, 6.07) is 10.4. The Morgan fingerprint density at radius 1 is 1.33 bits per heavy atom. The van der Waals surface area contributed by atoms with Crippen LogP contribution in [0.4, 0.5) is 0 Å². The molecule has 2 heterocycles. The number of rotatable bonds is 3. The quantitative estimate of drug-likeness (QED) is 0.838. The van der Waals surface area contributed by atoms with E-state index >= 15 is 0 Å². The normalized spacial score (nSPS) is 17.6. The van der Waals surface area contributed by atoms with Gasteiger partial charge in [-0.3, -0.25) is 4.79 Å². The summed E-state index contributed by atoms with van der Waals surface area (Å²) in [5.41, 5.74) is 3.38. The molecule has 0 unspecified atom stereocenters. The van der Waals surface area contributed by atoms with Crippen molar-refractivity contribution in [3.05, 3.63) is 57.3 Å². The first-order valence-corrected chi connectivity index (χ1v) is 9.43. The molecule has 0 fully saturated rings. The van der Waals surface area contributed by atoms with E-state index in [0.717, 1.165) is 24.3 Å². The molecule has 0 saturated carbocycles. The lowest BCUT2D eigenvalue weighted by molar-refractivity contribution is 0.0679. The first-order chi connectivity index (χ1) is 10.2. The van der Waals surface area contributed by atoms with Crippen molar-refractivity contribution in [2.75, 3.05) is 12.8 Å². The van der Waals surface area contributed by atoms with Gasteiger partial charge in [0.2, 0.25) is 0 Å². The molecule has 1 amide bonds. The molecule has 0 aliphatic carbocycles. The molecular weight excluding hydrogens is 298 g/mol. The van der Waals surface area contributed by atoms with Gasteiger partial charge < -0.3 is 4.90 Å². The van der Waals surface area contributed by atoms with Crippen LogP contribution in [-0.2, 0) is 12.2 Å². The van der Waals surface area contributed by atoms with Crippen LogP contribution in [0.15, 0.2) is 35.7 Å². The molecule has 4 heteroatoms. The van der Waals surface area contributed by atoms with E-state index in [-0.39, 0.29) is 11.9 Å². The molecule has 1 aliphatic heterocycles. The Morgan fingerprint density at radius 2 is 2.10 bits per heavy atom. The van der Waals surface area contributed by atoms with Crippen molar-refractivity contribution in [2.45, 2.75) is 25.1 Å². The molecule has 21 heavy (non-hydrogen) atoms. The van der Waals surface area contributed by atoms with Crippen LogP contribution < -0.4 is 0 Å². The zero-order valence-corrected chi connectivity index (χ0v) is 14.0. The summed E-state index contributed by atoms with van der Waals surface area (Å²) >= 11 is 3.60. The van der Waals surface area contributed by atoms with E-state index in [1.807, 2.05) is 17.0 Å². The van der Waals surface area contributed by atoms with Crippen molar-refractivity contribution in [1.82, 2.24) is 4.90 Å². The SMILES string of the molecule is CSCc1ccc(C(=O)N2CCc3sccc3[C@@H]2C)cc1. The third kappa shape index (κ3) is 2.87. The number of fused-ring (bicyclic) bond motifs is 1. The highest BCUT2D eigenvalue weighted by Crippen LogP contribution is 2.33. The molecule has 1 aromatic heterocycles. The van der Waals surface area contributed by atoms with Crippen LogP contribution in [0, 0.1) is 0 Å². The van der Waals surface area contributed by atoms with E-state index in [9.17, 15) is 4.79 Å². The maximum atomic E-state index is 12.7. The minimum atomic E-state index is 0.148. The molecule has 1 atom stereocenters. The van der Waals surface area contributed by atoms with Gasteiger partial charge in [-0.1, -0.05) is 12.1 Å². The first-order valence-electron chi connectivity index (χ1n) is 7.16. The van der Waals surface area contributed by atoms with Gasteiger partial charge in [-0.15, -0.1) is 11.3 Å².